The van der Waals surface area contributed by atoms with Crippen molar-refractivity contribution in [2.45, 2.75) is 19.5 Å². The Bertz CT molecular complexity index is 1030. The molecule has 0 aliphatic heterocycles. The number of methoxy groups -OCH3 is 1. The van der Waals surface area contributed by atoms with Crippen LogP contribution in [0.3, 0.4) is 0 Å². The van der Waals surface area contributed by atoms with E-state index < -0.39 is 0 Å². The van der Waals surface area contributed by atoms with Crippen molar-refractivity contribution in [2.75, 3.05) is 27.7 Å². The molecule has 0 spiro atoms. The van der Waals surface area contributed by atoms with E-state index in [1.54, 1.807) is 13.2 Å². The van der Waals surface area contributed by atoms with Gasteiger partial charge in [-0.25, -0.2) is 4.79 Å². The molecule has 0 fully saturated rings. The number of hydrogen-bond donors (Lipinski definition) is 2. The molecule has 0 amide bonds. The zero-order valence-corrected chi connectivity index (χ0v) is 17.5. The summed E-state index contributed by atoms with van der Waals surface area (Å²) < 4.78 is 10.9. The van der Waals surface area contributed by atoms with Gasteiger partial charge in [0.15, 0.2) is 6.04 Å². The van der Waals surface area contributed by atoms with E-state index in [0.717, 1.165) is 28.8 Å². The fraction of sp³-hybridized carbons (Fsp3) is 0.318. The van der Waals surface area contributed by atoms with Crippen molar-refractivity contribution in [3.63, 3.8) is 0 Å². The summed E-state index contributed by atoms with van der Waals surface area (Å²) in [6.45, 7) is 3.42. The van der Waals surface area contributed by atoms with Crippen LogP contribution < -0.4 is 20.6 Å². The van der Waals surface area contributed by atoms with Crippen molar-refractivity contribution in [2.24, 2.45) is 0 Å². The molecule has 0 saturated heterocycles. The number of benzene rings is 2. The SMILES string of the molecule is COc1ccccc1[C@@H](C[NH2+]Cc1cc(=O)oc2cc(C)c(Cl)cc12)[NH+](C)C. The maximum absolute atomic E-state index is 12.0. The summed E-state index contributed by atoms with van der Waals surface area (Å²) >= 11 is 6.29. The van der Waals surface area contributed by atoms with Gasteiger partial charge in [0, 0.05) is 22.0 Å². The molecule has 1 heterocycles. The van der Waals surface area contributed by atoms with Crippen molar-refractivity contribution in [3.05, 3.63) is 74.6 Å². The van der Waals surface area contributed by atoms with Crippen LogP contribution in [0.2, 0.25) is 5.02 Å². The molecule has 0 aliphatic carbocycles. The van der Waals surface area contributed by atoms with Gasteiger partial charge in [0.05, 0.1) is 26.8 Å². The fourth-order valence-corrected chi connectivity index (χ4v) is 3.71. The van der Waals surface area contributed by atoms with E-state index in [0.29, 0.717) is 17.2 Å². The number of nitrogens with two attached hydrogens (primary N) is 1. The highest BCUT2D eigenvalue weighted by molar-refractivity contribution is 6.32. The second-order valence-corrected chi connectivity index (χ2v) is 7.70. The average Bonchev–Trinajstić information content (AvgIpc) is 2.66. The molecular weight excluding hydrogens is 376 g/mol. The zero-order chi connectivity index (χ0) is 20.3. The monoisotopic (exact) mass is 402 g/mol. The number of fused-ring (bicyclic) bond motifs is 1. The largest absolute Gasteiger partial charge is 0.496 e. The Hall–Kier alpha value is -2.34. The lowest BCUT2D eigenvalue weighted by molar-refractivity contribution is -0.910. The van der Waals surface area contributed by atoms with Crippen LogP contribution in [0.15, 0.2) is 51.7 Å². The standard InChI is InChI=1S/C22H25ClN2O3/c1-14-9-21-17(11-18(14)23)15(10-22(26)28-21)12-24-13-19(25(2)3)16-7-5-6-8-20(16)27-4/h5-11,19,24H,12-13H2,1-4H3/p+2/t19-/m1/s1. The van der Waals surface area contributed by atoms with E-state index in [-0.39, 0.29) is 11.7 Å². The maximum atomic E-state index is 12.0. The van der Waals surface area contributed by atoms with Gasteiger partial charge in [0.1, 0.15) is 24.4 Å². The third-order valence-corrected chi connectivity index (χ3v) is 5.49. The summed E-state index contributed by atoms with van der Waals surface area (Å²) in [5, 5.41) is 3.77. The number of halogens is 1. The summed E-state index contributed by atoms with van der Waals surface area (Å²) in [6, 6.07) is 13.6. The van der Waals surface area contributed by atoms with E-state index in [4.69, 9.17) is 20.8 Å². The fourth-order valence-electron chi connectivity index (χ4n) is 3.55. The Morgan fingerprint density at radius 3 is 2.68 bits per heavy atom. The number of ether oxygens (including phenoxy) is 1. The lowest BCUT2D eigenvalue weighted by atomic mass is 10.0. The van der Waals surface area contributed by atoms with Gasteiger partial charge in [0.25, 0.3) is 0 Å². The second kappa shape index (κ2) is 8.78. The first-order valence-corrected chi connectivity index (χ1v) is 9.76. The molecule has 3 rings (SSSR count). The molecule has 0 bridgehead atoms. The summed E-state index contributed by atoms with van der Waals surface area (Å²) in [4.78, 5) is 13.3. The van der Waals surface area contributed by atoms with Crippen molar-refractivity contribution in [3.8, 4) is 5.75 Å². The Morgan fingerprint density at radius 1 is 1.21 bits per heavy atom. The van der Waals surface area contributed by atoms with Crippen LogP contribution in [-0.2, 0) is 6.54 Å². The number of likely N-dealkylation sites (N-methyl/N-ethyl adjacent to an activating group) is 1. The van der Waals surface area contributed by atoms with Gasteiger partial charge < -0.3 is 19.4 Å². The van der Waals surface area contributed by atoms with Crippen LogP contribution in [0.25, 0.3) is 11.0 Å². The minimum atomic E-state index is -0.336. The molecule has 1 atom stereocenters. The first-order chi connectivity index (χ1) is 13.4. The quantitative estimate of drug-likeness (QED) is 0.591. The lowest BCUT2D eigenvalue weighted by Gasteiger charge is -2.22. The van der Waals surface area contributed by atoms with E-state index in [2.05, 4.69) is 25.5 Å². The van der Waals surface area contributed by atoms with Gasteiger partial charge in [-0.05, 0) is 36.8 Å². The molecule has 5 nitrogen and oxygen atoms in total. The van der Waals surface area contributed by atoms with Crippen LogP contribution in [0.4, 0.5) is 0 Å². The van der Waals surface area contributed by atoms with Gasteiger partial charge in [-0.15, -0.1) is 0 Å². The van der Waals surface area contributed by atoms with Gasteiger partial charge in [-0.3, -0.25) is 0 Å². The summed E-state index contributed by atoms with van der Waals surface area (Å²) in [5.74, 6) is 0.898. The molecule has 2 aromatic carbocycles. The van der Waals surface area contributed by atoms with Crippen molar-refractivity contribution in [1.82, 2.24) is 0 Å². The third kappa shape index (κ3) is 4.38. The highest BCUT2D eigenvalue weighted by atomic mass is 35.5. The first-order valence-electron chi connectivity index (χ1n) is 9.38. The minimum absolute atomic E-state index is 0.258. The van der Waals surface area contributed by atoms with Crippen LogP contribution in [0, 0.1) is 6.92 Å². The zero-order valence-electron chi connectivity index (χ0n) is 16.7. The summed E-state index contributed by atoms with van der Waals surface area (Å²) in [5.41, 5.74) is 3.25. The Balaban J connectivity index is 1.83. The first kappa shape index (κ1) is 20.4. The molecular formula is C22H27ClN2O3+2. The second-order valence-electron chi connectivity index (χ2n) is 7.29. The number of nitrogens with one attached hydrogen (secondary N) is 1. The van der Waals surface area contributed by atoms with E-state index in [9.17, 15) is 4.79 Å². The summed E-state index contributed by atoms with van der Waals surface area (Å²) in [6.07, 6.45) is 0. The van der Waals surface area contributed by atoms with E-state index >= 15 is 0 Å². The van der Waals surface area contributed by atoms with Gasteiger partial charge in [-0.1, -0.05) is 23.7 Å². The maximum Gasteiger partial charge on any atom is 0.336 e. The van der Waals surface area contributed by atoms with Crippen LogP contribution in [-0.4, -0.2) is 27.7 Å². The highest BCUT2D eigenvalue weighted by Crippen LogP contribution is 2.25. The number of quaternary nitrogens is 2. The molecule has 6 heteroatoms. The number of para-hydroxylation sites is 1. The normalized spacial score (nSPS) is 12.5. The molecule has 3 N–H and O–H groups in total. The average molecular weight is 403 g/mol. The molecule has 0 aliphatic rings. The van der Waals surface area contributed by atoms with Gasteiger partial charge in [0.2, 0.25) is 0 Å². The highest BCUT2D eigenvalue weighted by Gasteiger charge is 2.23. The third-order valence-electron chi connectivity index (χ3n) is 5.09. The lowest BCUT2D eigenvalue weighted by Crippen LogP contribution is -3.09. The molecule has 0 saturated carbocycles. The van der Waals surface area contributed by atoms with E-state index in [1.165, 1.54) is 10.5 Å². The van der Waals surface area contributed by atoms with Crippen LogP contribution in [0.5, 0.6) is 5.75 Å². The molecule has 148 valence electrons. The molecule has 0 radical (unpaired) electrons. The van der Waals surface area contributed by atoms with Gasteiger partial charge >= 0.3 is 5.63 Å². The smallest absolute Gasteiger partial charge is 0.336 e. The Kier molecular flexibility index (Phi) is 6.39. The molecule has 1 aromatic heterocycles. The van der Waals surface area contributed by atoms with Gasteiger partial charge in [-0.2, -0.15) is 0 Å². The van der Waals surface area contributed by atoms with Crippen LogP contribution in [0.1, 0.15) is 22.7 Å². The molecule has 28 heavy (non-hydrogen) atoms. The topological polar surface area (TPSA) is 60.5 Å². The minimum Gasteiger partial charge on any atom is -0.496 e. The molecule has 0 unspecified atom stereocenters. The van der Waals surface area contributed by atoms with Crippen molar-refractivity contribution >= 4 is 22.6 Å². The predicted molar refractivity (Wildman–Crippen MR) is 111 cm³/mol. The van der Waals surface area contributed by atoms with E-state index in [1.807, 2.05) is 37.3 Å². The Labute approximate surface area is 169 Å². The number of hydrogen-bond acceptors (Lipinski definition) is 3. The predicted octanol–water partition coefficient (Wildman–Crippen LogP) is 1.71. The number of rotatable bonds is 7. The van der Waals surface area contributed by atoms with Crippen molar-refractivity contribution < 1.29 is 19.4 Å². The number of aryl methyl sites for hydroxylation is 1. The molecule has 3 aromatic rings. The Morgan fingerprint density at radius 2 is 1.96 bits per heavy atom. The van der Waals surface area contributed by atoms with Crippen molar-refractivity contribution in [1.29, 1.82) is 0 Å². The summed E-state index contributed by atoms with van der Waals surface area (Å²) in [7, 11) is 5.98. The van der Waals surface area contributed by atoms with Crippen LogP contribution >= 0.6 is 11.6 Å².